The molecule has 4 aromatic rings. The summed E-state index contributed by atoms with van der Waals surface area (Å²) in [5.41, 5.74) is 7.98. The number of aromatic nitrogens is 3. The maximum atomic E-state index is 4.81. The lowest BCUT2D eigenvalue weighted by atomic mass is 10.1. The third-order valence-electron chi connectivity index (χ3n) is 5.59. The van der Waals surface area contributed by atoms with Crippen molar-refractivity contribution in [3.05, 3.63) is 71.1 Å². The first-order chi connectivity index (χ1) is 15.0. The van der Waals surface area contributed by atoms with Crippen molar-refractivity contribution in [3.8, 4) is 16.9 Å². The van der Waals surface area contributed by atoms with Crippen LogP contribution in [0.3, 0.4) is 0 Å². The number of thiazole rings is 1. The maximum Gasteiger partial charge on any atom is 0.256 e. The van der Waals surface area contributed by atoms with Crippen LogP contribution in [0.1, 0.15) is 30.9 Å². The monoisotopic (exact) mass is 432 g/mol. The molecule has 0 radical (unpaired) electrons. The minimum atomic E-state index is 0.907. The molecule has 0 aliphatic rings. The quantitative estimate of drug-likeness (QED) is 0.356. The Balaban J connectivity index is 1.50. The van der Waals surface area contributed by atoms with Crippen LogP contribution in [0, 0.1) is 20.8 Å². The minimum absolute atomic E-state index is 0.907. The molecule has 0 unspecified atom stereocenters. The zero-order valence-corrected chi connectivity index (χ0v) is 19.7. The lowest BCUT2D eigenvalue weighted by Gasteiger charge is -2.22. The van der Waals surface area contributed by atoms with Crippen LogP contribution < -0.4 is 14.8 Å². The van der Waals surface area contributed by atoms with Gasteiger partial charge in [0.05, 0.1) is 5.69 Å². The Morgan fingerprint density at radius 1 is 1.03 bits per heavy atom. The van der Waals surface area contributed by atoms with Gasteiger partial charge in [-0.3, -0.25) is 0 Å². The average Bonchev–Trinajstić information content (AvgIpc) is 3.37. The Kier molecular flexibility index (Phi) is 6.09. The topological polar surface area (TPSA) is 47.8 Å². The van der Waals surface area contributed by atoms with Gasteiger partial charge in [-0.1, -0.05) is 0 Å². The zero-order valence-electron chi connectivity index (χ0n) is 18.9. The standard InChI is InChI=1S/C25H29N5S/c1-6-29(7-2)22-12-13-23(17(3)14-22)27-25-28-24(16-31-25)20-8-10-21(11-9-20)30-15-18(4)26-19(30)5/h8-16H,6-7H2,1-5H3,(H,27,28)/p+1. The van der Waals surface area contributed by atoms with Gasteiger partial charge >= 0.3 is 0 Å². The number of hydrogen-bond donors (Lipinski definition) is 2. The molecular formula is C25H30N5S+. The first-order valence-corrected chi connectivity index (χ1v) is 11.6. The Labute approximate surface area is 188 Å². The molecule has 0 aliphatic heterocycles. The second-order valence-corrected chi connectivity index (χ2v) is 8.63. The number of imidazole rings is 1. The second-order valence-electron chi connectivity index (χ2n) is 7.77. The van der Waals surface area contributed by atoms with Gasteiger partial charge < -0.3 is 10.2 Å². The highest BCUT2D eigenvalue weighted by Crippen LogP contribution is 2.30. The Morgan fingerprint density at radius 2 is 1.77 bits per heavy atom. The molecule has 6 heteroatoms. The molecule has 0 saturated heterocycles. The van der Waals surface area contributed by atoms with Crippen molar-refractivity contribution < 1.29 is 4.57 Å². The molecule has 0 bridgehead atoms. The number of nitrogens with one attached hydrogen (secondary N) is 2. The van der Waals surface area contributed by atoms with Crippen molar-refractivity contribution in [2.75, 3.05) is 23.3 Å². The summed E-state index contributed by atoms with van der Waals surface area (Å²) < 4.78 is 2.16. The minimum Gasteiger partial charge on any atom is -0.372 e. The maximum absolute atomic E-state index is 4.81. The number of aromatic amines is 1. The van der Waals surface area contributed by atoms with E-state index in [4.69, 9.17) is 4.98 Å². The van der Waals surface area contributed by atoms with E-state index in [9.17, 15) is 0 Å². The molecule has 2 N–H and O–H groups in total. The molecule has 2 aromatic heterocycles. The number of aryl methyl sites for hydroxylation is 3. The molecule has 5 nitrogen and oxygen atoms in total. The van der Waals surface area contributed by atoms with Crippen LogP contribution in [-0.4, -0.2) is 23.1 Å². The van der Waals surface area contributed by atoms with E-state index in [0.717, 1.165) is 52.4 Å². The van der Waals surface area contributed by atoms with Gasteiger partial charge in [0.2, 0.25) is 0 Å². The normalized spacial score (nSPS) is 11.0. The van der Waals surface area contributed by atoms with E-state index in [1.807, 2.05) is 0 Å². The molecule has 0 spiro atoms. The third kappa shape index (κ3) is 4.49. The van der Waals surface area contributed by atoms with Gasteiger partial charge in [0.25, 0.3) is 5.82 Å². The molecule has 0 atom stereocenters. The number of hydrogen-bond acceptors (Lipinski definition) is 4. The van der Waals surface area contributed by atoms with Crippen molar-refractivity contribution in [3.63, 3.8) is 0 Å². The van der Waals surface area contributed by atoms with Gasteiger partial charge in [0, 0.05) is 49.3 Å². The molecule has 0 amide bonds. The van der Waals surface area contributed by atoms with E-state index in [-0.39, 0.29) is 0 Å². The van der Waals surface area contributed by atoms with Crippen molar-refractivity contribution in [1.29, 1.82) is 0 Å². The number of rotatable bonds is 7. The highest BCUT2D eigenvalue weighted by atomic mass is 32.1. The Bertz CT molecular complexity index is 1170. The van der Waals surface area contributed by atoms with Gasteiger partial charge in [-0.2, -0.15) is 4.57 Å². The molecule has 0 fully saturated rings. The summed E-state index contributed by atoms with van der Waals surface area (Å²) in [7, 11) is 0. The summed E-state index contributed by atoms with van der Waals surface area (Å²) in [5, 5.41) is 6.51. The fourth-order valence-electron chi connectivity index (χ4n) is 3.88. The summed E-state index contributed by atoms with van der Waals surface area (Å²) in [4.78, 5) is 10.5. The molecule has 4 rings (SSSR count). The Morgan fingerprint density at radius 3 is 2.39 bits per heavy atom. The molecule has 0 aliphatic carbocycles. The van der Waals surface area contributed by atoms with E-state index in [1.54, 1.807) is 11.3 Å². The number of H-pyrrole nitrogens is 1. The SMILES string of the molecule is CCN(CC)c1ccc(Nc2nc(-c3ccc(-[n+]4cc(C)[nH]c4C)cc3)cs2)c(C)c1. The van der Waals surface area contributed by atoms with Crippen LogP contribution in [0.5, 0.6) is 0 Å². The number of nitrogens with zero attached hydrogens (tertiary/aromatic N) is 3. The molecule has 2 heterocycles. The molecule has 31 heavy (non-hydrogen) atoms. The molecule has 0 saturated carbocycles. The van der Waals surface area contributed by atoms with Gasteiger partial charge in [0.15, 0.2) is 5.13 Å². The molecule has 2 aromatic carbocycles. The lowest BCUT2D eigenvalue weighted by molar-refractivity contribution is -0.601. The van der Waals surface area contributed by atoms with E-state index in [0.29, 0.717) is 0 Å². The van der Waals surface area contributed by atoms with Crippen molar-refractivity contribution in [2.24, 2.45) is 0 Å². The van der Waals surface area contributed by atoms with Crippen molar-refractivity contribution >= 4 is 27.8 Å². The fourth-order valence-corrected chi connectivity index (χ4v) is 4.61. The van der Waals surface area contributed by atoms with Crippen LogP contribution in [0.4, 0.5) is 16.5 Å². The van der Waals surface area contributed by atoms with Crippen LogP contribution in [0.15, 0.2) is 54.0 Å². The van der Waals surface area contributed by atoms with Crippen molar-refractivity contribution in [2.45, 2.75) is 34.6 Å². The third-order valence-corrected chi connectivity index (χ3v) is 6.35. The second kappa shape index (κ2) is 8.94. The predicted molar refractivity (Wildman–Crippen MR) is 131 cm³/mol. The molecular weight excluding hydrogens is 402 g/mol. The van der Waals surface area contributed by atoms with E-state index in [2.05, 4.69) is 108 Å². The molecule has 160 valence electrons. The lowest BCUT2D eigenvalue weighted by Crippen LogP contribution is -2.31. The smallest absolute Gasteiger partial charge is 0.256 e. The van der Waals surface area contributed by atoms with Crippen molar-refractivity contribution in [1.82, 2.24) is 9.97 Å². The largest absolute Gasteiger partial charge is 0.372 e. The zero-order chi connectivity index (χ0) is 22.0. The van der Waals surface area contributed by atoms with E-state index in [1.165, 1.54) is 11.3 Å². The Hall–Kier alpha value is -3.12. The van der Waals surface area contributed by atoms with Gasteiger partial charge in [-0.05, 0) is 68.8 Å². The van der Waals surface area contributed by atoms with E-state index < -0.39 is 0 Å². The summed E-state index contributed by atoms with van der Waals surface area (Å²) in [6, 6.07) is 15.1. The predicted octanol–water partition coefficient (Wildman–Crippen LogP) is 5.93. The van der Waals surface area contributed by atoms with Gasteiger partial charge in [-0.25, -0.2) is 9.97 Å². The first-order valence-electron chi connectivity index (χ1n) is 10.7. The van der Waals surface area contributed by atoms with Crippen LogP contribution in [-0.2, 0) is 0 Å². The number of anilines is 3. The van der Waals surface area contributed by atoms with Gasteiger partial charge in [0.1, 0.15) is 17.6 Å². The summed E-state index contributed by atoms with van der Waals surface area (Å²) in [6.07, 6.45) is 2.11. The van der Waals surface area contributed by atoms with Gasteiger partial charge in [-0.15, -0.1) is 11.3 Å². The fraction of sp³-hybridized carbons (Fsp3) is 0.280. The first kappa shape index (κ1) is 21.1. The summed E-state index contributed by atoms with van der Waals surface area (Å²) >= 11 is 1.63. The summed E-state index contributed by atoms with van der Waals surface area (Å²) in [6.45, 7) is 12.7. The van der Waals surface area contributed by atoms with E-state index >= 15 is 0 Å². The van der Waals surface area contributed by atoms with Crippen LogP contribution in [0.25, 0.3) is 16.9 Å². The van der Waals surface area contributed by atoms with Crippen LogP contribution >= 0.6 is 11.3 Å². The van der Waals surface area contributed by atoms with Crippen LogP contribution in [0.2, 0.25) is 0 Å². The number of benzene rings is 2. The summed E-state index contributed by atoms with van der Waals surface area (Å²) in [5.74, 6) is 1.12. The highest BCUT2D eigenvalue weighted by molar-refractivity contribution is 7.14. The highest BCUT2D eigenvalue weighted by Gasteiger charge is 2.12. The average molecular weight is 433 g/mol.